The molecule has 0 atom stereocenters. The van der Waals surface area contributed by atoms with Gasteiger partial charge in [0.05, 0.1) is 0 Å². The minimum absolute atomic E-state index is 1.10. The van der Waals surface area contributed by atoms with E-state index < -0.39 is 0 Å². The fourth-order valence-electron chi connectivity index (χ4n) is 1.62. The van der Waals surface area contributed by atoms with Gasteiger partial charge in [-0.2, -0.15) is 0 Å². The molecule has 2 heteroatoms. The molecule has 0 aromatic heterocycles. The maximum Gasteiger partial charge on any atom is 0.0162 e. The van der Waals surface area contributed by atoms with Crippen LogP contribution in [0.2, 0.25) is 0 Å². The van der Waals surface area contributed by atoms with Gasteiger partial charge in [-0.25, -0.2) is 0 Å². The van der Waals surface area contributed by atoms with Gasteiger partial charge in [0, 0.05) is 13.1 Å². The predicted octanol–water partition coefficient (Wildman–Crippen LogP) is 2.62. The number of rotatable bonds is 9. The summed E-state index contributed by atoms with van der Waals surface area (Å²) in [5, 5.41) is 0. The van der Waals surface area contributed by atoms with Crippen LogP contribution in [0.5, 0.6) is 0 Å². The van der Waals surface area contributed by atoms with Crippen molar-refractivity contribution in [2.24, 2.45) is 0 Å². The molecule has 0 N–H and O–H groups in total. The molecule has 0 saturated carbocycles. The van der Waals surface area contributed by atoms with Gasteiger partial charge in [-0.05, 0) is 32.6 Å². The van der Waals surface area contributed by atoms with Crippen LogP contribution in [0.25, 0.3) is 0 Å². The summed E-state index contributed by atoms with van der Waals surface area (Å²) in [6.07, 6.45) is 5.80. The number of likely N-dealkylation sites (N-methyl/N-ethyl adjacent to an activating group) is 1. The van der Waals surface area contributed by atoms with Crippen molar-refractivity contribution in [3.63, 3.8) is 0 Å². The smallest absolute Gasteiger partial charge is 0.0162 e. The minimum Gasteiger partial charge on any atom is -0.304 e. The fraction of sp³-hybridized carbons (Fsp3) is 0.846. The molecule has 0 unspecified atom stereocenters. The van der Waals surface area contributed by atoms with Crippen LogP contribution in [-0.4, -0.2) is 49.1 Å². The van der Waals surface area contributed by atoms with Gasteiger partial charge >= 0.3 is 0 Å². The quantitative estimate of drug-likeness (QED) is 0.542. The molecule has 0 aliphatic rings. The number of hydrogen-bond donors (Lipinski definition) is 0. The van der Waals surface area contributed by atoms with Crippen molar-refractivity contribution in [3.05, 3.63) is 12.2 Å². The summed E-state index contributed by atoms with van der Waals surface area (Å²) in [5.74, 6) is 0. The molecule has 0 aliphatic heterocycles. The van der Waals surface area contributed by atoms with E-state index >= 15 is 0 Å². The van der Waals surface area contributed by atoms with E-state index in [-0.39, 0.29) is 0 Å². The summed E-state index contributed by atoms with van der Waals surface area (Å²) in [5.41, 5.74) is 0. The highest BCUT2D eigenvalue weighted by atomic mass is 15.1. The Hall–Kier alpha value is -0.340. The lowest BCUT2D eigenvalue weighted by Gasteiger charge is -2.17. The van der Waals surface area contributed by atoms with E-state index in [1.165, 1.54) is 26.1 Å². The summed E-state index contributed by atoms with van der Waals surface area (Å²) < 4.78 is 0. The molecule has 0 aromatic rings. The normalized spacial score (nSPS) is 12.1. The molecule has 0 aliphatic carbocycles. The van der Waals surface area contributed by atoms with Crippen molar-refractivity contribution in [1.29, 1.82) is 0 Å². The van der Waals surface area contributed by atoms with E-state index in [1.807, 2.05) is 0 Å². The third-order valence-electron chi connectivity index (χ3n) is 2.93. The van der Waals surface area contributed by atoms with Crippen LogP contribution in [0.4, 0.5) is 0 Å². The highest BCUT2D eigenvalue weighted by molar-refractivity contribution is 4.85. The average molecular weight is 212 g/mol. The van der Waals surface area contributed by atoms with E-state index in [0.717, 1.165) is 19.6 Å². The Bertz CT molecular complexity index is 147. The third kappa shape index (κ3) is 7.57. The summed E-state index contributed by atoms with van der Waals surface area (Å²) in [6.45, 7) is 15.8. The maximum absolute atomic E-state index is 2.46. The highest BCUT2D eigenvalue weighted by Gasteiger charge is 1.96. The van der Waals surface area contributed by atoms with Gasteiger partial charge in [-0.1, -0.05) is 39.8 Å². The summed E-state index contributed by atoms with van der Waals surface area (Å²) in [6, 6.07) is 0. The number of nitrogens with zero attached hydrogens (tertiary/aromatic N) is 2. The topological polar surface area (TPSA) is 6.48 Å². The highest BCUT2D eigenvalue weighted by Crippen LogP contribution is 1.93. The second-order valence-corrected chi connectivity index (χ2v) is 3.77. The third-order valence-corrected chi connectivity index (χ3v) is 2.93. The van der Waals surface area contributed by atoms with Crippen molar-refractivity contribution in [2.45, 2.75) is 34.1 Å². The van der Waals surface area contributed by atoms with Gasteiger partial charge in [0.2, 0.25) is 0 Å². The first-order valence-electron chi connectivity index (χ1n) is 6.38. The van der Waals surface area contributed by atoms with Crippen LogP contribution in [-0.2, 0) is 0 Å². The van der Waals surface area contributed by atoms with E-state index in [0.29, 0.717) is 0 Å². The van der Waals surface area contributed by atoms with E-state index in [1.54, 1.807) is 0 Å². The molecule has 0 heterocycles. The molecular formula is C13H28N2. The fourth-order valence-corrected chi connectivity index (χ4v) is 1.62. The summed E-state index contributed by atoms with van der Waals surface area (Å²) in [4.78, 5) is 4.88. The molecule has 0 saturated heterocycles. The molecular weight excluding hydrogens is 184 g/mol. The minimum atomic E-state index is 1.10. The molecule has 0 spiro atoms. The molecule has 0 amide bonds. The Morgan fingerprint density at radius 1 is 0.733 bits per heavy atom. The van der Waals surface area contributed by atoms with Crippen LogP contribution in [0.1, 0.15) is 34.1 Å². The lowest BCUT2D eigenvalue weighted by Crippen LogP contribution is -2.24. The van der Waals surface area contributed by atoms with Crippen molar-refractivity contribution >= 4 is 0 Å². The van der Waals surface area contributed by atoms with E-state index in [9.17, 15) is 0 Å². The van der Waals surface area contributed by atoms with Gasteiger partial charge in [-0.3, -0.25) is 0 Å². The lowest BCUT2D eigenvalue weighted by atomic mass is 10.3. The van der Waals surface area contributed by atoms with Gasteiger partial charge in [0.1, 0.15) is 0 Å². The molecule has 0 rings (SSSR count). The maximum atomic E-state index is 2.46. The van der Waals surface area contributed by atoms with Crippen LogP contribution in [0, 0.1) is 0 Å². The zero-order chi connectivity index (χ0) is 11.5. The van der Waals surface area contributed by atoms with Crippen molar-refractivity contribution in [3.8, 4) is 0 Å². The number of hydrogen-bond acceptors (Lipinski definition) is 2. The molecule has 90 valence electrons. The second-order valence-electron chi connectivity index (χ2n) is 3.77. The first-order valence-corrected chi connectivity index (χ1v) is 6.38. The summed E-state index contributed by atoms with van der Waals surface area (Å²) >= 11 is 0. The Labute approximate surface area is 95.9 Å². The van der Waals surface area contributed by atoms with Crippen LogP contribution < -0.4 is 0 Å². The molecule has 15 heavy (non-hydrogen) atoms. The van der Waals surface area contributed by atoms with Crippen LogP contribution in [0.15, 0.2) is 12.2 Å². The molecule has 0 bridgehead atoms. The Morgan fingerprint density at radius 2 is 1.27 bits per heavy atom. The van der Waals surface area contributed by atoms with E-state index in [4.69, 9.17) is 0 Å². The second kappa shape index (κ2) is 10.2. The predicted molar refractivity (Wildman–Crippen MR) is 69.3 cm³/mol. The van der Waals surface area contributed by atoms with Crippen molar-refractivity contribution in [1.82, 2.24) is 9.80 Å². The van der Waals surface area contributed by atoms with Gasteiger partial charge in [-0.15, -0.1) is 0 Å². The lowest BCUT2D eigenvalue weighted by molar-refractivity contribution is 0.309. The zero-order valence-electron chi connectivity index (χ0n) is 11.0. The largest absolute Gasteiger partial charge is 0.304 e. The first-order chi connectivity index (χ1) is 7.28. The zero-order valence-corrected chi connectivity index (χ0v) is 11.0. The standard InChI is InChI=1S/C13H28N2/c1-5-14(6-2)12-10-9-11-13-15(7-3)8-4/h9-10H,5-8,11-13H2,1-4H3/b10-9+. The Morgan fingerprint density at radius 3 is 1.73 bits per heavy atom. The van der Waals surface area contributed by atoms with Crippen LogP contribution >= 0.6 is 0 Å². The van der Waals surface area contributed by atoms with E-state index in [2.05, 4.69) is 49.6 Å². The van der Waals surface area contributed by atoms with Crippen LogP contribution in [0.3, 0.4) is 0 Å². The first kappa shape index (κ1) is 14.7. The van der Waals surface area contributed by atoms with Gasteiger partial charge in [0.25, 0.3) is 0 Å². The molecule has 0 aromatic carbocycles. The molecule has 2 nitrogen and oxygen atoms in total. The SMILES string of the molecule is CCN(CC)C/C=C/CCN(CC)CC. The van der Waals surface area contributed by atoms with Crippen molar-refractivity contribution in [2.75, 3.05) is 39.3 Å². The summed E-state index contributed by atoms with van der Waals surface area (Å²) in [7, 11) is 0. The molecule has 0 fully saturated rings. The molecule has 0 radical (unpaired) electrons. The monoisotopic (exact) mass is 212 g/mol. The van der Waals surface area contributed by atoms with Gasteiger partial charge < -0.3 is 9.80 Å². The van der Waals surface area contributed by atoms with Gasteiger partial charge in [0.15, 0.2) is 0 Å². The average Bonchev–Trinajstić information content (AvgIpc) is 2.29. The Kier molecular flexibility index (Phi) is 9.96. The Balaban J connectivity index is 3.53. The van der Waals surface area contributed by atoms with Crippen molar-refractivity contribution < 1.29 is 0 Å².